The predicted octanol–water partition coefficient (Wildman–Crippen LogP) is 3.99. The molecule has 1 N–H and O–H groups in total. The summed E-state index contributed by atoms with van der Waals surface area (Å²) < 4.78 is 1.62. The number of benzene rings is 1. The average Bonchev–Trinajstić information content (AvgIpc) is 3.15. The van der Waals surface area contributed by atoms with Crippen molar-refractivity contribution in [2.24, 2.45) is 0 Å². The summed E-state index contributed by atoms with van der Waals surface area (Å²) in [5.74, 6) is -0.140. The van der Waals surface area contributed by atoms with Crippen LogP contribution in [0.5, 0.6) is 0 Å². The monoisotopic (exact) mass is 373 g/mol. The Morgan fingerprint density at radius 2 is 1.96 bits per heavy atom. The molecule has 2 heterocycles. The number of rotatable bonds is 5. The van der Waals surface area contributed by atoms with Gasteiger partial charge in [0.2, 0.25) is 5.91 Å². The first-order valence-corrected chi connectivity index (χ1v) is 9.68. The predicted molar refractivity (Wildman–Crippen MR) is 104 cm³/mol. The van der Waals surface area contributed by atoms with Crippen LogP contribution in [0.2, 0.25) is 0 Å². The number of carbonyl (C=O) groups excluding carboxylic acids is 1. The number of anilines is 1. The van der Waals surface area contributed by atoms with Crippen molar-refractivity contribution >= 4 is 33.7 Å². The number of hydrogen-bond acceptors (Lipinski definition) is 5. The highest BCUT2D eigenvalue weighted by molar-refractivity contribution is 7.14. The van der Waals surface area contributed by atoms with Crippen LogP contribution >= 0.6 is 22.7 Å². The first-order chi connectivity index (χ1) is 11.9. The van der Waals surface area contributed by atoms with E-state index in [9.17, 15) is 9.59 Å². The van der Waals surface area contributed by atoms with Gasteiger partial charge in [0.25, 0.3) is 0 Å². The summed E-state index contributed by atoms with van der Waals surface area (Å²) in [6.07, 6.45) is 0.246. The summed E-state index contributed by atoms with van der Waals surface area (Å²) in [5.41, 5.74) is 5.24. The Labute approximate surface area is 154 Å². The zero-order valence-corrected chi connectivity index (χ0v) is 16.0. The van der Waals surface area contributed by atoms with Gasteiger partial charge in [0.05, 0.1) is 5.69 Å². The highest BCUT2D eigenvalue weighted by Crippen LogP contribution is 2.26. The number of hydrogen-bond donors (Lipinski definition) is 1. The molecule has 0 saturated heterocycles. The van der Waals surface area contributed by atoms with Crippen molar-refractivity contribution in [3.05, 3.63) is 55.4 Å². The molecule has 0 bridgehead atoms. The first-order valence-electron chi connectivity index (χ1n) is 7.92. The SMILES string of the molecule is Cc1ccc(-c2csc(NC(=O)CCn3c(C)csc3=O)n2)cc1C. The lowest BCUT2D eigenvalue weighted by Gasteiger charge is -2.04. The maximum absolute atomic E-state index is 12.1. The Morgan fingerprint density at radius 1 is 1.16 bits per heavy atom. The molecule has 3 rings (SSSR count). The third-order valence-corrected chi connectivity index (χ3v) is 5.73. The Balaban J connectivity index is 1.63. The molecule has 5 nitrogen and oxygen atoms in total. The number of carbonyl (C=O) groups is 1. The topological polar surface area (TPSA) is 64.0 Å². The smallest absolute Gasteiger partial charge is 0.303 e. The van der Waals surface area contributed by atoms with Gasteiger partial charge in [-0.3, -0.25) is 9.59 Å². The van der Waals surface area contributed by atoms with Gasteiger partial charge < -0.3 is 9.88 Å². The fraction of sp³-hybridized carbons (Fsp3) is 0.278. The van der Waals surface area contributed by atoms with E-state index in [4.69, 9.17) is 0 Å². The molecule has 0 aliphatic rings. The van der Waals surface area contributed by atoms with Crippen molar-refractivity contribution in [2.45, 2.75) is 33.7 Å². The second-order valence-electron chi connectivity index (χ2n) is 5.93. The molecule has 0 saturated carbocycles. The van der Waals surface area contributed by atoms with Crippen LogP contribution in [0.25, 0.3) is 11.3 Å². The normalized spacial score (nSPS) is 10.8. The molecule has 0 fully saturated rings. The summed E-state index contributed by atoms with van der Waals surface area (Å²) in [6, 6.07) is 6.21. The second-order valence-corrected chi connectivity index (χ2v) is 7.61. The van der Waals surface area contributed by atoms with E-state index in [-0.39, 0.29) is 17.2 Å². The molecule has 1 amide bonds. The minimum Gasteiger partial charge on any atom is -0.303 e. The fourth-order valence-electron chi connectivity index (χ4n) is 2.43. The molecule has 2 aromatic heterocycles. The number of nitrogens with zero attached hydrogens (tertiary/aromatic N) is 2. The molecule has 0 spiro atoms. The van der Waals surface area contributed by atoms with Gasteiger partial charge in [0.15, 0.2) is 5.13 Å². The molecular formula is C18H19N3O2S2. The van der Waals surface area contributed by atoms with Crippen LogP contribution < -0.4 is 10.2 Å². The Morgan fingerprint density at radius 3 is 2.64 bits per heavy atom. The first kappa shape index (κ1) is 17.6. The second kappa shape index (κ2) is 7.33. The molecule has 130 valence electrons. The van der Waals surface area contributed by atoms with E-state index in [1.807, 2.05) is 18.4 Å². The van der Waals surface area contributed by atoms with Crippen molar-refractivity contribution in [3.8, 4) is 11.3 Å². The largest absolute Gasteiger partial charge is 0.307 e. The third-order valence-electron chi connectivity index (χ3n) is 4.09. The molecule has 0 atom stereocenters. The van der Waals surface area contributed by atoms with Gasteiger partial charge in [-0.25, -0.2) is 4.98 Å². The zero-order chi connectivity index (χ0) is 18.0. The van der Waals surface area contributed by atoms with Gasteiger partial charge in [-0.05, 0) is 38.0 Å². The molecule has 1 aromatic carbocycles. The summed E-state index contributed by atoms with van der Waals surface area (Å²) >= 11 is 2.56. The molecule has 0 aliphatic carbocycles. The van der Waals surface area contributed by atoms with E-state index in [2.05, 4.69) is 36.3 Å². The lowest BCUT2D eigenvalue weighted by atomic mass is 10.1. The lowest BCUT2D eigenvalue weighted by molar-refractivity contribution is -0.116. The molecule has 0 radical (unpaired) electrons. The van der Waals surface area contributed by atoms with Crippen molar-refractivity contribution in [1.29, 1.82) is 0 Å². The maximum Gasteiger partial charge on any atom is 0.307 e. The molecular weight excluding hydrogens is 354 g/mol. The van der Waals surface area contributed by atoms with Crippen LogP contribution in [0.3, 0.4) is 0 Å². The highest BCUT2D eigenvalue weighted by atomic mass is 32.1. The van der Waals surface area contributed by atoms with Crippen LogP contribution in [0.15, 0.2) is 33.8 Å². The number of thiazole rings is 2. The minimum absolute atomic E-state index is 0.0309. The van der Waals surface area contributed by atoms with E-state index in [0.29, 0.717) is 11.7 Å². The Bertz CT molecular complexity index is 969. The van der Waals surface area contributed by atoms with Gasteiger partial charge in [-0.15, -0.1) is 11.3 Å². The van der Waals surface area contributed by atoms with Crippen LogP contribution in [0.1, 0.15) is 23.2 Å². The van der Waals surface area contributed by atoms with Crippen molar-refractivity contribution in [2.75, 3.05) is 5.32 Å². The van der Waals surface area contributed by atoms with Crippen LogP contribution in [0.4, 0.5) is 5.13 Å². The van der Waals surface area contributed by atoms with E-state index >= 15 is 0 Å². The van der Waals surface area contributed by atoms with Gasteiger partial charge in [-0.2, -0.15) is 0 Å². The van der Waals surface area contributed by atoms with Gasteiger partial charge >= 0.3 is 4.87 Å². The van der Waals surface area contributed by atoms with Crippen LogP contribution in [-0.2, 0) is 11.3 Å². The van der Waals surface area contributed by atoms with E-state index in [1.54, 1.807) is 9.95 Å². The van der Waals surface area contributed by atoms with E-state index in [1.165, 1.54) is 22.5 Å². The summed E-state index contributed by atoms with van der Waals surface area (Å²) in [4.78, 5) is 28.2. The van der Waals surface area contributed by atoms with E-state index in [0.717, 1.165) is 28.3 Å². The summed E-state index contributed by atoms with van der Waals surface area (Å²) in [6.45, 7) is 6.40. The molecule has 25 heavy (non-hydrogen) atoms. The summed E-state index contributed by atoms with van der Waals surface area (Å²) in [5, 5.41) is 7.13. The fourth-order valence-corrected chi connectivity index (χ4v) is 3.93. The van der Waals surface area contributed by atoms with Gasteiger partial charge in [-0.1, -0.05) is 23.5 Å². The zero-order valence-electron chi connectivity index (χ0n) is 14.3. The Hall–Kier alpha value is -2.25. The van der Waals surface area contributed by atoms with Crippen LogP contribution in [-0.4, -0.2) is 15.5 Å². The molecule has 3 aromatic rings. The standard InChI is InChI=1S/C18H19N3O2S2/c1-11-4-5-14(8-12(11)2)15-10-24-17(19-15)20-16(22)6-7-21-13(3)9-25-18(21)23/h4-5,8-10H,6-7H2,1-3H3,(H,19,20,22). The van der Waals surface area contributed by atoms with Gasteiger partial charge in [0, 0.05) is 35.0 Å². The third kappa shape index (κ3) is 4.05. The van der Waals surface area contributed by atoms with Crippen molar-refractivity contribution < 1.29 is 4.79 Å². The molecule has 0 unspecified atom stereocenters. The molecule has 0 aliphatic heterocycles. The number of aryl methyl sites for hydroxylation is 3. The number of aromatic nitrogens is 2. The van der Waals surface area contributed by atoms with Crippen molar-refractivity contribution in [1.82, 2.24) is 9.55 Å². The number of nitrogens with one attached hydrogen (secondary N) is 1. The van der Waals surface area contributed by atoms with Gasteiger partial charge in [0.1, 0.15) is 0 Å². The minimum atomic E-state index is -0.140. The highest BCUT2D eigenvalue weighted by Gasteiger charge is 2.10. The maximum atomic E-state index is 12.1. The quantitative estimate of drug-likeness (QED) is 0.735. The lowest BCUT2D eigenvalue weighted by Crippen LogP contribution is -2.20. The Kier molecular flexibility index (Phi) is 5.15. The van der Waals surface area contributed by atoms with E-state index < -0.39 is 0 Å². The van der Waals surface area contributed by atoms with Crippen LogP contribution in [0, 0.1) is 20.8 Å². The summed E-state index contributed by atoms with van der Waals surface area (Å²) in [7, 11) is 0. The van der Waals surface area contributed by atoms with Crippen molar-refractivity contribution in [3.63, 3.8) is 0 Å². The molecule has 7 heteroatoms. The number of amides is 1. The average molecular weight is 374 g/mol.